The third kappa shape index (κ3) is 4.28. The maximum atomic E-state index is 11.5. The van der Waals surface area contributed by atoms with Crippen molar-refractivity contribution in [1.82, 2.24) is 0 Å². The van der Waals surface area contributed by atoms with E-state index in [0.717, 1.165) is 11.1 Å². The van der Waals surface area contributed by atoms with Gasteiger partial charge in [-0.2, -0.15) is 0 Å². The summed E-state index contributed by atoms with van der Waals surface area (Å²) in [5, 5.41) is 11.8. The van der Waals surface area contributed by atoms with Crippen molar-refractivity contribution >= 4 is 16.7 Å². The van der Waals surface area contributed by atoms with E-state index < -0.39 is 5.97 Å². The summed E-state index contributed by atoms with van der Waals surface area (Å²) in [6, 6.07) is 27.2. The molecule has 4 aromatic carbocycles. The predicted octanol–water partition coefficient (Wildman–Crippen LogP) is 6.00. The van der Waals surface area contributed by atoms with Gasteiger partial charge in [0, 0.05) is 11.6 Å². The molecule has 4 heteroatoms. The number of fused-ring (bicyclic) bond motifs is 1. The van der Waals surface area contributed by atoms with Gasteiger partial charge in [0.15, 0.2) is 0 Å². The summed E-state index contributed by atoms with van der Waals surface area (Å²) in [4.78, 5) is 11.5. The molecule has 0 aliphatic rings. The molecule has 0 aliphatic carbocycles. The van der Waals surface area contributed by atoms with Crippen molar-refractivity contribution in [3.05, 3.63) is 107 Å². The molecule has 0 heterocycles. The van der Waals surface area contributed by atoms with Crippen LogP contribution in [0.3, 0.4) is 0 Å². The summed E-state index contributed by atoms with van der Waals surface area (Å²) >= 11 is 0. The number of carboxylic acid groups (broad SMARTS) is 1. The highest BCUT2D eigenvalue weighted by atomic mass is 16.5. The lowest BCUT2D eigenvalue weighted by Crippen LogP contribution is -2.07. The van der Waals surface area contributed by atoms with Crippen LogP contribution in [0.15, 0.2) is 84.9 Å². The van der Waals surface area contributed by atoms with Crippen LogP contribution in [0.2, 0.25) is 0 Å². The van der Waals surface area contributed by atoms with Crippen LogP contribution in [0.4, 0.5) is 0 Å². The topological polar surface area (TPSA) is 55.8 Å². The SMILES string of the molecule is Cc1cccc(COc2cccc(OCc3cccc4ccccc34)c2)c1C(=O)O. The first-order chi connectivity index (χ1) is 14.6. The molecule has 0 atom stereocenters. The molecular weight excluding hydrogens is 376 g/mol. The zero-order valence-electron chi connectivity index (χ0n) is 16.7. The Bertz CT molecular complexity index is 1190. The Balaban J connectivity index is 1.46. The van der Waals surface area contributed by atoms with E-state index in [2.05, 4.69) is 24.3 Å². The van der Waals surface area contributed by atoms with Gasteiger partial charge in [-0.05, 0) is 41.0 Å². The van der Waals surface area contributed by atoms with Crippen LogP contribution in [0.5, 0.6) is 11.5 Å². The number of hydrogen-bond acceptors (Lipinski definition) is 3. The number of aryl methyl sites for hydroxylation is 1. The van der Waals surface area contributed by atoms with Gasteiger partial charge in [-0.3, -0.25) is 0 Å². The largest absolute Gasteiger partial charge is 0.489 e. The molecule has 0 radical (unpaired) electrons. The molecule has 1 N–H and O–H groups in total. The van der Waals surface area contributed by atoms with Gasteiger partial charge in [-0.15, -0.1) is 0 Å². The monoisotopic (exact) mass is 398 g/mol. The van der Waals surface area contributed by atoms with E-state index in [9.17, 15) is 9.90 Å². The van der Waals surface area contributed by atoms with Gasteiger partial charge in [0.05, 0.1) is 5.56 Å². The first kappa shape index (κ1) is 19.5. The number of aromatic carboxylic acids is 1. The maximum absolute atomic E-state index is 11.5. The van der Waals surface area contributed by atoms with Crippen LogP contribution < -0.4 is 9.47 Å². The quantitative estimate of drug-likeness (QED) is 0.414. The summed E-state index contributed by atoms with van der Waals surface area (Å²) in [5.74, 6) is 0.380. The van der Waals surface area contributed by atoms with E-state index in [0.29, 0.717) is 29.2 Å². The Kier molecular flexibility index (Phi) is 5.66. The smallest absolute Gasteiger partial charge is 0.336 e. The molecule has 0 saturated heterocycles. The zero-order chi connectivity index (χ0) is 20.9. The van der Waals surface area contributed by atoms with Gasteiger partial charge >= 0.3 is 5.97 Å². The van der Waals surface area contributed by atoms with Crippen LogP contribution in [-0.4, -0.2) is 11.1 Å². The maximum Gasteiger partial charge on any atom is 0.336 e. The summed E-state index contributed by atoms with van der Waals surface area (Å²) in [7, 11) is 0. The predicted molar refractivity (Wildman–Crippen MR) is 117 cm³/mol. The van der Waals surface area contributed by atoms with Crippen molar-refractivity contribution in [2.24, 2.45) is 0 Å². The molecule has 0 bridgehead atoms. The fourth-order valence-corrected chi connectivity index (χ4v) is 3.55. The van der Waals surface area contributed by atoms with Crippen molar-refractivity contribution in [2.75, 3.05) is 0 Å². The van der Waals surface area contributed by atoms with E-state index in [1.807, 2.05) is 48.5 Å². The Morgan fingerprint density at radius 1 is 0.767 bits per heavy atom. The Morgan fingerprint density at radius 2 is 1.37 bits per heavy atom. The normalized spacial score (nSPS) is 10.7. The highest BCUT2D eigenvalue weighted by molar-refractivity contribution is 5.91. The molecular formula is C26H22O4. The van der Waals surface area contributed by atoms with Gasteiger partial charge in [0.1, 0.15) is 24.7 Å². The van der Waals surface area contributed by atoms with Crippen LogP contribution >= 0.6 is 0 Å². The van der Waals surface area contributed by atoms with Crippen molar-refractivity contribution in [3.63, 3.8) is 0 Å². The molecule has 0 spiro atoms. The molecule has 4 aromatic rings. The minimum absolute atomic E-state index is 0.177. The minimum atomic E-state index is -0.945. The van der Waals surface area contributed by atoms with Gasteiger partial charge in [-0.25, -0.2) is 4.79 Å². The van der Waals surface area contributed by atoms with Gasteiger partial charge in [0.25, 0.3) is 0 Å². The molecule has 0 saturated carbocycles. The first-order valence-electron chi connectivity index (χ1n) is 9.76. The summed E-state index contributed by atoms with van der Waals surface area (Å²) in [6.45, 7) is 2.41. The third-order valence-corrected chi connectivity index (χ3v) is 5.05. The molecule has 4 rings (SSSR count). The number of benzene rings is 4. The molecule has 30 heavy (non-hydrogen) atoms. The van der Waals surface area contributed by atoms with Gasteiger partial charge in [-0.1, -0.05) is 66.7 Å². The molecule has 0 aliphatic heterocycles. The average Bonchev–Trinajstić information content (AvgIpc) is 2.76. The third-order valence-electron chi connectivity index (χ3n) is 5.05. The van der Waals surface area contributed by atoms with Crippen LogP contribution in [0.25, 0.3) is 10.8 Å². The van der Waals surface area contributed by atoms with Crippen LogP contribution in [-0.2, 0) is 13.2 Å². The Labute approximate surface area is 175 Å². The minimum Gasteiger partial charge on any atom is -0.489 e. The number of carboxylic acids is 1. The Morgan fingerprint density at radius 3 is 2.13 bits per heavy atom. The van der Waals surface area contributed by atoms with E-state index in [1.165, 1.54) is 10.8 Å². The second kappa shape index (κ2) is 8.70. The second-order valence-electron chi connectivity index (χ2n) is 7.10. The number of hydrogen-bond donors (Lipinski definition) is 1. The molecule has 0 fully saturated rings. The van der Waals surface area contributed by atoms with Crippen molar-refractivity contribution in [1.29, 1.82) is 0 Å². The van der Waals surface area contributed by atoms with E-state index in [1.54, 1.807) is 19.1 Å². The lowest BCUT2D eigenvalue weighted by atomic mass is 10.0. The first-order valence-corrected chi connectivity index (χ1v) is 9.76. The number of rotatable bonds is 7. The molecule has 0 amide bonds. The molecule has 4 nitrogen and oxygen atoms in total. The average molecular weight is 398 g/mol. The van der Waals surface area contributed by atoms with Crippen molar-refractivity contribution in [3.8, 4) is 11.5 Å². The highest BCUT2D eigenvalue weighted by Crippen LogP contribution is 2.24. The van der Waals surface area contributed by atoms with E-state index in [-0.39, 0.29) is 6.61 Å². The molecule has 150 valence electrons. The summed E-state index contributed by atoms with van der Waals surface area (Å²) < 4.78 is 11.9. The zero-order valence-corrected chi connectivity index (χ0v) is 16.7. The lowest BCUT2D eigenvalue weighted by molar-refractivity contribution is 0.0693. The highest BCUT2D eigenvalue weighted by Gasteiger charge is 2.13. The second-order valence-corrected chi connectivity index (χ2v) is 7.10. The Hall–Kier alpha value is -3.79. The van der Waals surface area contributed by atoms with E-state index in [4.69, 9.17) is 9.47 Å². The standard InChI is InChI=1S/C26H22O4/c1-18-7-4-11-21(25(18)26(27)28)17-30-23-13-6-12-22(15-23)29-16-20-10-5-9-19-8-2-3-14-24(19)20/h2-15H,16-17H2,1H3,(H,27,28). The fourth-order valence-electron chi connectivity index (χ4n) is 3.55. The fraction of sp³-hybridized carbons (Fsp3) is 0.115. The van der Waals surface area contributed by atoms with Crippen molar-refractivity contribution in [2.45, 2.75) is 20.1 Å². The van der Waals surface area contributed by atoms with Gasteiger partial charge in [0.2, 0.25) is 0 Å². The number of carbonyl (C=O) groups is 1. The van der Waals surface area contributed by atoms with E-state index >= 15 is 0 Å². The summed E-state index contributed by atoms with van der Waals surface area (Å²) in [6.07, 6.45) is 0. The lowest BCUT2D eigenvalue weighted by Gasteiger charge is -2.13. The molecule has 0 unspecified atom stereocenters. The number of ether oxygens (including phenoxy) is 2. The summed E-state index contributed by atoms with van der Waals surface area (Å²) in [5.41, 5.74) is 2.77. The molecule has 0 aromatic heterocycles. The van der Waals surface area contributed by atoms with Crippen LogP contribution in [0, 0.1) is 6.92 Å². The van der Waals surface area contributed by atoms with Gasteiger partial charge < -0.3 is 14.6 Å². The van der Waals surface area contributed by atoms with Crippen molar-refractivity contribution < 1.29 is 19.4 Å². The van der Waals surface area contributed by atoms with Crippen LogP contribution in [0.1, 0.15) is 27.0 Å².